The summed E-state index contributed by atoms with van der Waals surface area (Å²) in [6, 6.07) is 3.61. The second kappa shape index (κ2) is 13.4. The van der Waals surface area contributed by atoms with Crippen LogP contribution >= 0.6 is 23.1 Å². The molecule has 17 heteroatoms. The highest BCUT2D eigenvalue weighted by Crippen LogP contribution is 2.40. The summed E-state index contributed by atoms with van der Waals surface area (Å²) in [6.45, 7) is 3.72. The van der Waals surface area contributed by atoms with Gasteiger partial charge in [0.15, 0.2) is 22.3 Å². The number of fused-ring (bicyclic) bond motifs is 1. The monoisotopic (exact) mass is 675 g/mol. The summed E-state index contributed by atoms with van der Waals surface area (Å²) in [5.41, 5.74) is 4.68. The number of rotatable bonds is 13. The Morgan fingerprint density at radius 3 is 2.57 bits per heavy atom. The van der Waals surface area contributed by atoms with Gasteiger partial charge in [-0.3, -0.25) is 14.5 Å². The number of nitrogens with two attached hydrogens (primary N) is 1. The first kappa shape index (κ1) is 34.3. The number of thioether (sulfide) groups is 1. The summed E-state index contributed by atoms with van der Waals surface area (Å²) in [4.78, 5) is 60.5. The Hall–Kier alpha value is -4.61. The highest BCUT2D eigenvalue weighted by Gasteiger charge is 2.54. The number of carboxylic acid groups (broad SMARTS) is 2. The van der Waals surface area contributed by atoms with E-state index < -0.39 is 46.5 Å². The van der Waals surface area contributed by atoms with Gasteiger partial charge in [0.25, 0.3) is 11.8 Å². The lowest BCUT2D eigenvalue weighted by Gasteiger charge is -2.49. The molecule has 1 fully saturated rings. The SMILES string of the molecule is CC(C)(O/N=C(\C(=O)NC1C(=O)N2C(C(=O)O)=C(/C=C/C[N+](C)(C)CCc3ccc(O)c(O)c3)CS[C@@H]12)c1csc(N)n1)C(=O)O. The van der Waals surface area contributed by atoms with Crippen LogP contribution in [0.5, 0.6) is 11.5 Å². The first-order valence-electron chi connectivity index (χ1n) is 13.9. The summed E-state index contributed by atoms with van der Waals surface area (Å²) in [5, 5.41) is 45.8. The van der Waals surface area contributed by atoms with Gasteiger partial charge in [0.2, 0.25) is 5.60 Å². The number of β-lactam (4-membered cyclic amide) rings is 1. The molecule has 2 aliphatic rings. The van der Waals surface area contributed by atoms with E-state index in [-0.39, 0.29) is 33.8 Å². The van der Waals surface area contributed by atoms with Crippen LogP contribution < -0.4 is 11.1 Å². The number of hydrogen-bond donors (Lipinski definition) is 6. The normalized spacial score (nSPS) is 18.7. The highest BCUT2D eigenvalue weighted by molar-refractivity contribution is 8.00. The number of nitrogens with zero attached hydrogens (tertiary/aromatic N) is 4. The number of thiazole rings is 1. The van der Waals surface area contributed by atoms with Crippen LogP contribution in [0, 0.1) is 0 Å². The standard InChI is InChI=1S/C29H34N6O9S2/c1-29(2,27(42)43)44-33-20(17-14-46-28(30)31-17)23(38)32-21-24(39)34-22(26(40)41)16(13-45-25(21)34)6-5-10-35(3,4)11-9-15-7-8-18(36)19(37)12-15/h5-8,12,14,21,25H,9-11,13H2,1-4H3,(H6-,30,31,32,33,36,37,38,40,41,42,43)/p+1/b6-5+/t21?,25-/m0/s1. The first-order chi connectivity index (χ1) is 21.5. The third kappa shape index (κ3) is 7.60. The number of allylic oxidation sites excluding steroid dienone is 1. The number of carbonyl (C=O) groups is 4. The van der Waals surface area contributed by atoms with E-state index in [9.17, 15) is 39.6 Å². The summed E-state index contributed by atoms with van der Waals surface area (Å²) >= 11 is 2.30. The van der Waals surface area contributed by atoms with Crippen LogP contribution in [0.15, 0.2) is 52.2 Å². The van der Waals surface area contributed by atoms with Gasteiger partial charge >= 0.3 is 11.9 Å². The van der Waals surface area contributed by atoms with Gasteiger partial charge in [-0.1, -0.05) is 17.3 Å². The number of carbonyl (C=O) groups excluding carboxylic acids is 2. The van der Waals surface area contributed by atoms with Crippen LogP contribution in [-0.2, 0) is 30.4 Å². The highest BCUT2D eigenvalue weighted by atomic mass is 32.2. The number of phenols is 2. The van der Waals surface area contributed by atoms with Crippen molar-refractivity contribution in [3.8, 4) is 11.5 Å². The number of nitrogen functional groups attached to an aromatic ring is 1. The number of hydrogen-bond acceptors (Lipinski definition) is 12. The van der Waals surface area contributed by atoms with E-state index in [0.717, 1.165) is 21.8 Å². The maximum atomic E-state index is 13.3. The van der Waals surface area contributed by atoms with E-state index in [0.29, 0.717) is 29.6 Å². The van der Waals surface area contributed by atoms with Crippen molar-refractivity contribution in [1.29, 1.82) is 0 Å². The van der Waals surface area contributed by atoms with Crippen molar-refractivity contribution in [1.82, 2.24) is 15.2 Å². The van der Waals surface area contributed by atoms with Crippen molar-refractivity contribution < 1.29 is 48.9 Å². The second-order valence-electron chi connectivity index (χ2n) is 11.8. The van der Waals surface area contributed by atoms with Crippen LogP contribution in [0.3, 0.4) is 0 Å². The van der Waals surface area contributed by atoms with Gasteiger partial charge in [0, 0.05) is 17.6 Å². The van der Waals surface area contributed by atoms with Crippen molar-refractivity contribution in [2.75, 3.05) is 38.7 Å². The van der Waals surface area contributed by atoms with E-state index in [1.165, 1.54) is 43.1 Å². The molecule has 2 aliphatic heterocycles. The molecule has 1 saturated heterocycles. The lowest BCUT2D eigenvalue weighted by molar-refractivity contribution is -0.884. The number of phenolic OH excluding ortho intramolecular Hbond substituents is 2. The van der Waals surface area contributed by atoms with Crippen molar-refractivity contribution >= 4 is 57.7 Å². The Balaban J connectivity index is 1.45. The molecule has 1 aromatic carbocycles. The van der Waals surface area contributed by atoms with Gasteiger partial charge in [-0.05, 0) is 43.2 Å². The molecule has 7 N–H and O–H groups in total. The number of benzene rings is 1. The number of aromatic hydroxyl groups is 2. The molecule has 2 amide bonds. The largest absolute Gasteiger partial charge is 0.504 e. The smallest absolute Gasteiger partial charge is 0.352 e. The summed E-state index contributed by atoms with van der Waals surface area (Å²) in [6.07, 6.45) is 4.17. The molecule has 1 aromatic heterocycles. The number of aliphatic carboxylic acids is 2. The average Bonchev–Trinajstić information content (AvgIpc) is 3.41. The molecule has 0 bridgehead atoms. The quantitative estimate of drug-likeness (QED) is 0.0582. The molecule has 4 rings (SSSR count). The predicted molar refractivity (Wildman–Crippen MR) is 170 cm³/mol. The topological polar surface area (TPSA) is 225 Å². The molecule has 0 aliphatic carbocycles. The minimum absolute atomic E-state index is 0.0159. The summed E-state index contributed by atoms with van der Waals surface area (Å²) in [7, 11) is 4.00. The molecule has 2 atom stereocenters. The molecule has 0 radical (unpaired) electrons. The Morgan fingerprint density at radius 2 is 1.96 bits per heavy atom. The Morgan fingerprint density at radius 1 is 1.24 bits per heavy atom. The number of nitrogens with one attached hydrogen (secondary N) is 1. The fourth-order valence-electron chi connectivity index (χ4n) is 4.51. The van der Waals surface area contributed by atoms with Crippen LogP contribution in [0.2, 0.25) is 0 Å². The predicted octanol–water partition coefficient (Wildman–Crippen LogP) is 1.33. The third-order valence-electron chi connectivity index (χ3n) is 7.31. The van der Waals surface area contributed by atoms with Crippen LogP contribution in [-0.4, -0.2) is 114 Å². The molecular formula is C29H35N6O9S2+. The summed E-state index contributed by atoms with van der Waals surface area (Å²) < 4.78 is 0.544. The Bertz CT molecular complexity index is 1650. The van der Waals surface area contributed by atoms with Crippen molar-refractivity contribution in [2.45, 2.75) is 37.3 Å². The molecule has 0 spiro atoms. The zero-order valence-corrected chi connectivity index (χ0v) is 27.1. The number of likely N-dealkylation sites (N-methyl/N-ethyl adjacent to an activating group) is 1. The fourth-order valence-corrected chi connectivity index (χ4v) is 6.37. The van der Waals surface area contributed by atoms with Crippen molar-refractivity contribution in [2.24, 2.45) is 5.16 Å². The van der Waals surface area contributed by atoms with Gasteiger partial charge in [-0.15, -0.1) is 23.1 Å². The van der Waals surface area contributed by atoms with Gasteiger partial charge in [-0.25, -0.2) is 14.6 Å². The lowest BCUT2D eigenvalue weighted by Crippen LogP contribution is -2.71. The van der Waals surface area contributed by atoms with Crippen molar-refractivity contribution in [3.63, 3.8) is 0 Å². The zero-order valence-electron chi connectivity index (χ0n) is 25.5. The molecule has 3 heterocycles. The molecule has 15 nitrogen and oxygen atoms in total. The molecule has 46 heavy (non-hydrogen) atoms. The van der Waals surface area contributed by atoms with E-state index in [1.54, 1.807) is 12.1 Å². The number of carboxylic acids is 2. The van der Waals surface area contributed by atoms with E-state index >= 15 is 0 Å². The van der Waals surface area contributed by atoms with E-state index in [1.807, 2.05) is 20.2 Å². The summed E-state index contributed by atoms with van der Waals surface area (Å²) in [5.74, 6) is -4.22. The first-order valence-corrected chi connectivity index (χ1v) is 15.9. The molecule has 246 valence electrons. The van der Waals surface area contributed by atoms with E-state index in [4.69, 9.17) is 10.6 Å². The lowest BCUT2D eigenvalue weighted by atomic mass is 10.0. The minimum Gasteiger partial charge on any atom is -0.504 e. The van der Waals surface area contributed by atoms with Crippen molar-refractivity contribution in [3.05, 3.63) is 58.3 Å². The maximum absolute atomic E-state index is 13.3. The molecule has 2 aromatic rings. The van der Waals surface area contributed by atoms with Crippen LogP contribution in [0.1, 0.15) is 25.1 Å². The Kier molecular flexibility index (Phi) is 9.98. The van der Waals surface area contributed by atoms with Gasteiger partial charge in [0.05, 0.1) is 27.2 Å². The fraction of sp³-hybridized carbons (Fsp3) is 0.379. The average molecular weight is 676 g/mol. The van der Waals surface area contributed by atoms with Crippen LogP contribution in [0.4, 0.5) is 5.13 Å². The Labute approximate surface area is 272 Å². The number of amides is 2. The zero-order chi connectivity index (χ0) is 34.0. The number of anilines is 1. The number of quaternary nitrogens is 1. The number of aromatic nitrogens is 1. The van der Waals surface area contributed by atoms with Gasteiger partial charge < -0.3 is 40.8 Å². The second-order valence-corrected chi connectivity index (χ2v) is 13.8. The minimum atomic E-state index is -1.77. The molecule has 0 saturated carbocycles. The van der Waals surface area contributed by atoms with E-state index in [2.05, 4.69) is 15.5 Å². The van der Waals surface area contributed by atoms with Gasteiger partial charge in [-0.2, -0.15) is 0 Å². The molecule has 1 unspecified atom stereocenters. The maximum Gasteiger partial charge on any atom is 0.352 e. The van der Waals surface area contributed by atoms with Gasteiger partial charge in [0.1, 0.15) is 22.8 Å². The van der Waals surface area contributed by atoms with Crippen LogP contribution in [0.25, 0.3) is 0 Å². The molecular weight excluding hydrogens is 640 g/mol. The third-order valence-corrected chi connectivity index (χ3v) is 9.29. The number of oxime groups is 1.